The number of benzene rings is 2. The van der Waals surface area contributed by atoms with E-state index in [1.54, 1.807) is 0 Å². The molecule has 0 aliphatic rings. The van der Waals surface area contributed by atoms with Gasteiger partial charge in [0.05, 0.1) is 10.6 Å². The van der Waals surface area contributed by atoms with Crippen LogP contribution in [-0.4, -0.2) is 13.0 Å². The van der Waals surface area contributed by atoms with Crippen molar-refractivity contribution in [3.63, 3.8) is 0 Å². The van der Waals surface area contributed by atoms with E-state index in [9.17, 15) is 12.8 Å². The summed E-state index contributed by atoms with van der Waals surface area (Å²) in [6.07, 6.45) is 0. The average Bonchev–Trinajstić information content (AvgIpc) is 3.20. The number of hydrogen-bond acceptors (Lipinski definition) is 4. The Balaban J connectivity index is 1.90. The lowest BCUT2D eigenvalue weighted by molar-refractivity contribution is 0.579. The normalized spacial score (nSPS) is 12.8. The summed E-state index contributed by atoms with van der Waals surface area (Å²) < 4.78 is 50.1. The topological polar surface area (TPSA) is 64.6 Å². The van der Waals surface area contributed by atoms with Crippen LogP contribution in [0.5, 0.6) is 0 Å². The zero-order chi connectivity index (χ0) is 19.9. The van der Waals surface area contributed by atoms with Crippen molar-refractivity contribution < 1.29 is 17.2 Å². The van der Waals surface area contributed by atoms with Gasteiger partial charge in [0.25, 0.3) is 10.0 Å². The summed E-state index contributed by atoms with van der Waals surface area (Å²) >= 11 is 1.24. The maximum Gasteiger partial charge on any atom is 0.285 e. The summed E-state index contributed by atoms with van der Waals surface area (Å²) in [5, 5.41) is 2.85. The van der Waals surface area contributed by atoms with E-state index < -0.39 is 15.8 Å². The van der Waals surface area contributed by atoms with Crippen molar-refractivity contribution in [1.29, 1.82) is 0 Å². The van der Waals surface area contributed by atoms with Crippen LogP contribution in [0.25, 0.3) is 22.2 Å². The highest BCUT2D eigenvalue weighted by Crippen LogP contribution is 2.34. The van der Waals surface area contributed by atoms with Crippen LogP contribution in [-0.2, 0) is 16.6 Å². The van der Waals surface area contributed by atoms with Crippen LogP contribution in [0.3, 0.4) is 0 Å². The molecule has 0 aliphatic carbocycles. The number of sulfonamides is 1. The summed E-state index contributed by atoms with van der Waals surface area (Å²) in [4.78, 5) is 0.308. The van der Waals surface area contributed by atoms with E-state index in [-0.39, 0.29) is 4.90 Å². The highest BCUT2D eigenvalue weighted by molar-refractivity contribution is 7.90. The van der Waals surface area contributed by atoms with Gasteiger partial charge >= 0.3 is 0 Å². The Bertz CT molecular complexity index is 1330. The van der Waals surface area contributed by atoms with Gasteiger partial charge in [0.15, 0.2) is 0 Å². The Labute approximate surface area is 165 Å². The summed E-state index contributed by atoms with van der Waals surface area (Å²) in [5.74, 6) is 0.262. The minimum Gasteiger partial charge on any atom is -0.461 e. The molecule has 0 unspecified atom stereocenters. The molecule has 0 atom stereocenters. The van der Waals surface area contributed by atoms with Crippen molar-refractivity contribution in [3.05, 3.63) is 70.3 Å². The Morgan fingerprint density at radius 3 is 2.57 bits per heavy atom. The summed E-state index contributed by atoms with van der Waals surface area (Å²) in [6, 6.07) is 12.4. The third kappa shape index (κ3) is 3.18. The molecule has 144 valence electrons. The zero-order valence-corrected chi connectivity index (χ0v) is 16.8. The van der Waals surface area contributed by atoms with Gasteiger partial charge < -0.3 is 8.98 Å². The number of rotatable bonds is 4. The first-order valence-corrected chi connectivity index (χ1v) is 11.0. The molecule has 4 rings (SSSR count). The van der Waals surface area contributed by atoms with E-state index in [1.807, 2.05) is 48.1 Å². The molecule has 5 nitrogen and oxygen atoms in total. The predicted octanol–water partition coefficient (Wildman–Crippen LogP) is 4.72. The predicted molar refractivity (Wildman–Crippen MR) is 107 cm³/mol. The molecule has 28 heavy (non-hydrogen) atoms. The molecule has 0 spiro atoms. The molecule has 4 aromatic rings. The molecule has 2 aromatic carbocycles. The number of aryl methyl sites for hydroxylation is 1. The third-order valence-electron chi connectivity index (χ3n) is 4.45. The minimum absolute atomic E-state index is 0.0450. The Morgan fingerprint density at radius 2 is 1.86 bits per heavy atom. The first-order chi connectivity index (χ1) is 13.4. The smallest absolute Gasteiger partial charge is 0.285 e. The Morgan fingerprint density at radius 1 is 1.14 bits per heavy atom. The van der Waals surface area contributed by atoms with Gasteiger partial charge in [0, 0.05) is 22.9 Å². The van der Waals surface area contributed by atoms with Gasteiger partial charge in [-0.25, -0.2) is 4.39 Å². The lowest BCUT2D eigenvalue weighted by Crippen LogP contribution is -2.17. The number of para-hydroxylation sites is 1. The van der Waals surface area contributed by atoms with E-state index in [0.29, 0.717) is 11.3 Å². The molecular weight excluding hydrogens is 399 g/mol. The van der Waals surface area contributed by atoms with E-state index >= 15 is 0 Å². The number of aromatic nitrogens is 1. The number of furan rings is 1. The fraction of sp³-hybridized carbons (Fsp3) is 0.150. The van der Waals surface area contributed by atoms with E-state index in [4.69, 9.17) is 4.42 Å². The second-order valence-corrected chi connectivity index (χ2v) is 8.64. The second-order valence-electron chi connectivity index (χ2n) is 6.20. The molecule has 0 bridgehead atoms. The first-order valence-electron chi connectivity index (χ1n) is 8.64. The largest absolute Gasteiger partial charge is 0.461 e. The molecule has 8 heteroatoms. The van der Waals surface area contributed by atoms with Crippen LogP contribution in [0.4, 0.5) is 4.39 Å². The highest BCUT2D eigenvalue weighted by Gasteiger charge is 2.19. The van der Waals surface area contributed by atoms with Crippen molar-refractivity contribution in [2.24, 2.45) is 4.40 Å². The van der Waals surface area contributed by atoms with E-state index in [0.717, 1.165) is 40.1 Å². The number of hydrogen-bond donors (Lipinski definition) is 0. The zero-order valence-electron chi connectivity index (χ0n) is 15.2. The molecule has 2 heterocycles. The van der Waals surface area contributed by atoms with Crippen molar-refractivity contribution in [2.75, 3.05) is 0 Å². The highest BCUT2D eigenvalue weighted by atomic mass is 32.2. The maximum absolute atomic E-state index is 13.1. The Hall–Kier alpha value is -2.71. The molecule has 0 radical (unpaired) electrons. The molecule has 0 N–H and O–H groups in total. The van der Waals surface area contributed by atoms with Crippen molar-refractivity contribution in [1.82, 2.24) is 4.57 Å². The molecule has 0 saturated carbocycles. The average molecular weight is 416 g/mol. The van der Waals surface area contributed by atoms with Gasteiger partial charge in [-0.2, -0.15) is 8.42 Å². The maximum atomic E-state index is 13.1. The van der Waals surface area contributed by atoms with Gasteiger partial charge in [-0.05, 0) is 44.2 Å². The number of thiazole rings is 1. The number of halogens is 1. The Kier molecular flexibility index (Phi) is 4.68. The van der Waals surface area contributed by atoms with Gasteiger partial charge in [-0.1, -0.05) is 18.2 Å². The minimum atomic E-state index is -3.95. The molecule has 0 fully saturated rings. The lowest BCUT2D eigenvalue weighted by Gasteiger charge is -2.06. The van der Waals surface area contributed by atoms with Crippen molar-refractivity contribution in [3.8, 4) is 11.3 Å². The first kappa shape index (κ1) is 18.6. The number of nitrogens with zero attached hydrogens (tertiary/aromatic N) is 2. The van der Waals surface area contributed by atoms with Crippen LogP contribution in [0, 0.1) is 12.7 Å². The van der Waals surface area contributed by atoms with E-state index in [2.05, 4.69) is 4.40 Å². The van der Waals surface area contributed by atoms with Crippen LogP contribution >= 0.6 is 11.3 Å². The van der Waals surface area contributed by atoms with Gasteiger partial charge in [0.2, 0.25) is 4.80 Å². The fourth-order valence-electron chi connectivity index (χ4n) is 3.16. The van der Waals surface area contributed by atoms with Crippen LogP contribution in [0.2, 0.25) is 0 Å². The summed E-state index contributed by atoms with van der Waals surface area (Å²) in [5.41, 5.74) is 2.55. The molecule has 0 amide bonds. The SMILES string of the molecule is CCn1c(-c2c(C)oc3ccccc23)cs/c1=N/S(=O)(=O)c1ccc(F)cc1. The van der Waals surface area contributed by atoms with Crippen LogP contribution in [0.15, 0.2) is 67.6 Å². The molecular formula is C20H17FN2O3S2. The number of fused-ring (bicyclic) bond motifs is 1. The lowest BCUT2D eigenvalue weighted by atomic mass is 10.1. The van der Waals surface area contributed by atoms with Gasteiger partial charge in [0.1, 0.15) is 17.2 Å². The van der Waals surface area contributed by atoms with Crippen LogP contribution in [0.1, 0.15) is 12.7 Å². The van der Waals surface area contributed by atoms with Gasteiger partial charge in [-0.3, -0.25) is 0 Å². The molecule has 0 saturated heterocycles. The monoisotopic (exact) mass is 416 g/mol. The van der Waals surface area contributed by atoms with Crippen molar-refractivity contribution in [2.45, 2.75) is 25.3 Å². The summed E-state index contributed by atoms with van der Waals surface area (Å²) in [7, 11) is -3.95. The fourth-order valence-corrected chi connectivity index (χ4v) is 5.33. The second kappa shape index (κ2) is 7.03. The quantitative estimate of drug-likeness (QED) is 0.484. The van der Waals surface area contributed by atoms with Gasteiger partial charge in [-0.15, -0.1) is 15.7 Å². The standard InChI is InChI=1S/C20H17FN2O3S2/c1-3-23-17(19-13(2)26-18-7-5-4-6-16(18)19)12-27-20(23)22-28(24,25)15-10-8-14(21)9-11-15/h4-12H,3H2,1-2H3/b22-20+. The van der Waals surface area contributed by atoms with Crippen molar-refractivity contribution >= 4 is 32.3 Å². The van der Waals surface area contributed by atoms with Crippen LogP contribution < -0.4 is 4.80 Å². The third-order valence-corrected chi connectivity index (χ3v) is 6.71. The summed E-state index contributed by atoms with van der Waals surface area (Å²) in [6.45, 7) is 4.35. The molecule has 0 aliphatic heterocycles. The van der Waals surface area contributed by atoms with E-state index in [1.165, 1.54) is 23.5 Å². The molecule has 2 aromatic heterocycles.